The Morgan fingerprint density at radius 2 is 1.73 bits per heavy atom. The van der Waals surface area contributed by atoms with Crippen LogP contribution in [0, 0.1) is 5.82 Å². The molecule has 2 aromatic carbocycles. The number of amides is 2. The predicted octanol–water partition coefficient (Wildman–Crippen LogP) is 4.19. The van der Waals surface area contributed by atoms with Crippen LogP contribution in [0.2, 0.25) is 0 Å². The molecule has 0 spiro atoms. The normalized spacial score (nSPS) is 17.5. The quantitative estimate of drug-likeness (QED) is 0.898. The number of nitrogens with zero attached hydrogens (tertiary/aromatic N) is 1. The topological polar surface area (TPSA) is 49.4 Å². The Hall–Kier alpha value is -2.69. The molecule has 4 nitrogen and oxygen atoms in total. The summed E-state index contributed by atoms with van der Waals surface area (Å²) < 4.78 is 13.2. The standard InChI is InChI=1S/C21H23FN2O2/c1-15(25)23-20-11-7-17(8-12-20)21(26)24-13-3-2-4-18(14-24)16-5-9-19(22)10-6-16/h5-12,18H,2-4,13-14H2,1H3,(H,23,25). The number of carbonyl (C=O) groups excluding carboxylic acids is 2. The molecule has 0 aliphatic carbocycles. The lowest BCUT2D eigenvalue weighted by molar-refractivity contribution is -0.114. The van der Waals surface area contributed by atoms with Gasteiger partial charge in [-0.15, -0.1) is 0 Å². The second-order valence-electron chi connectivity index (χ2n) is 6.75. The summed E-state index contributed by atoms with van der Waals surface area (Å²) in [5.74, 6) is -0.164. The van der Waals surface area contributed by atoms with Crippen LogP contribution in [0.3, 0.4) is 0 Å². The van der Waals surface area contributed by atoms with Crippen molar-refractivity contribution in [3.05, 3.63) is 65.5 Å². The smallest absolute Gasteiger partial charge is 0.253 e. The molecule has 1 N–H and O–H groups in total. The van der Waals surface area contributed by atoms with Gasteiger partial charge in [-0.2, -0.15) is 0 Å². The number of carbonyl (C=O) groups is 2. The highest BCUT2D eigenvalue weighted by Crippen LogP contribution is 2.27. The first-order chi connectivity index (χ1) is 12.5. The van der Waals surface area contributed by atoms with Gasteiger partial charge in [0.15, 0.2) is 0 Å². The first-order valence-electron chi connectivity index (χ1n) is 8.95. The number of halogens is 1. The molecular weight excluding hydrogens is 331 g/mol. The monoisotopic (exact) mass is 354 g/mol. The van der Waals surface area contributed by atoms with Gasteiger partial charge in [0.05, 0.1) is 0 Å². The Bertz CT molecular complexity index is 772. The number of hydrogen-bond acceptors (Lipinski definition) is 2. The largest absolute Gasteiger partial charge is 0.338 e. The van der Waals surface area contributed by atoms with Gasteiger partial charge in [-0.1, -0.05) is 18.6 Å². The molecule has 1 fully saturated rings. The van der Waals surface area contributed by atoms with Gasteiger partial charge in [-0.25, -0.2) is 4.39 Å². The zero-order valence-electron chi connectivity index (χ0n) is 14.9. The molecule has 136 valence electrons. The number of likely N-dealkylation sites (tertiary alicyclic amines) is 1. The number of benzene rings is 2. The molecule has 1 heterocycles. The van der Waals surface area contributed by atoms with Crippen molar-refractivity contribution in [3.63, 3.8) is 0 Å². The molecule has 0 saturated carbocycles. The summed E-state index contributed by atoms with van der Waals surface area (Å²) in [5.41, 5.74) is 2.36. The highest BCUT2D eigenvalue weighted by atomic mass is 19.1. The zero-order valence-corrected chi connectivity index (χ0v) is 14.9. The Morgan fingerprint density at radius 3 is 2.38 bits per heavy atom. The first-order valence-corrected chi connectivity index (χ1v) is 8.95. The molecule has 2 amide bonds. The summed E-state index contributed by atoms with van der Waals surface area (Å²) in [7, 11) is 0. The van der Waals surface area contributed by atoms with Gasteiger partial charge in [0.2, 0.25) is 5.91 Å². The minimum atomic E-state index is -0.241. The Morgan fingerprint density at radius 1 is 1.04 bits per heavy atom. The average molecular weight is 354 g/mol. The summed E-state index contributed by atoms with van der Waals surface area (Å²) in [5, 5.41) is 2.70. The van der Waals surface area contributed by atoms with E-state index in [1.165, 1.54) is 19.1 Å². The minimum Gasteiger partial charge on any atom is -0.338 e. The van der Waals surface area contributed by atoms with Crippen molar-refractivity contribution in [1.29, 1.82) is 0 Å². The molecular formula is C21H23FN2O2. The molecule has 1 atom stereocenters. The zero-order chi connectivity index (χ0) is 18.5. The minimum absolute atomic E-state index is 0.00612. The molecule has 0 bridgehead atoms. The van der Waals surface area contributed by atoms with Crippen molar-refractivity contribution >= 4 is 17.5 Å². The average Bonchev–Trinajstić information content (AvgIpc) is 2.88. The molecule has 1 saturated heterocycles. The lowest BCUT2D eigenvalue weighted by Gasteiger charge is -2.25. The van der Waals surface area contributed by atoms with Crippen LogP contribution in [0.25, 0.3) is 0 Å². The SMILES string of the molecule is CC(=O)Nc1ccc(C(=O)N2CCCCC(c3ccc(F)cc3)C2)cc1. The van der Waals surface area contributed by atoms with Crippen LogP contribution in [0.1, 0.15) is 48.0 Å². The van der Waals surface area contributed by atoms with E-state index < -0.39 is 0 Å². The van der Waals surface area contributed by atoms with Crippen molar-refractivity contribution in [2.75, 3.05) is 18.4 Å². The molecule has 1 unspecified atom stereocenters. The summed E-state index contributed by atoms with van der Waals surface area (Å²) in [4.78, 5) is 25.9. The fourth-order valence-corrected chi connectivity index (χ4v) is 3.42. The summed E-state index contributed by atoms with van der Waals surface area (Å²) in [6, 6.07) is 13.6. The lowest BCUT2D eigenvalue weighted by atomic mass is 9.94. The van der Waals surface area contributed by atoms with E-state index in [-0.39, 0.29) is 23.5 Å². The van der Waals surface area contributed by atoms with E-state index in [0.717, 1.165) is 31.4 Å². The number of rotatable bonds is 3. The van der Waals surface area contributed by atoms with Gasteiger partial charge >= 0.3 is 0 Å². The van der Waals surface area contributed by atoms with Crippen LogP contribution >= 0.6 is 0 Å². The van der Waals surface area contributed by atoms with Crippen LogP contribution in [-0.2, 0) is 4.79 Å². The molecule has 2 aromatic rings. The molecule has 26 heavy (non-hydrogen) atoms. The first kappa shape index (κ1) is 18.1. The summed E-state index contributed by atoms with van der Waals surface area (Å²) in [6.45, 7) is 2.81. The van der Waals surface area contributed by atoms with Crippen LogP contribution < -0.4 is 5.32 Å². The van der Waals surface area contributed by atoms with Crippen molar-refractivity contribution in [2.45, 2.75) is 32.1 Å². The Balaban J connectivity index is 1.73. The third kappa shape index (κ3) is 4.48. The lowest BCUT2D eigenvalue weighted by Crippen LogP contribution is -2.34. The van der Waals surface area contributed by atoms with Gasteiger partial charge in [0.25, 0.3) is 5.91 Å². The molecule has 0 radical (unpaired) electrons. The number of nitrogens with one attached hydrogen (secondary N) is 1. The van der Waals surface area contributed by atoms with E-state index in [0.29, 0.717) is 17.8 Å². The maximum atomic E-state index is 13.2. The highest BCUT2D eigenvalue weighted by Gasteiger charge is 2.24. The molecule has 3 rings (SSSR count). The number of anilines is 1. The van der Waals surface area contributed by atoms with E-state index in [1.807, 2.05) is 17.0 Å². The van der Waals surface area contributed by atoms with E-state index in [2.05, 4.69) is 5.32 Å². The van der Waals surface area contributed by atoms with Gasteiger partial charge in [0, 0.05) is 37.2 Å². The summed E-state index contributed by atoms with van der Waals surface area (Å²) >= 11 is 0. The van der Waals surface area contributed by atoms with Crippen molar-refractivity contribution < 1.29 is 14.0 Å². The van der Waals surface area contributed by atoms with Gasteiger partial charge < -0.3 is 10.2 Å². The third-order valence-corrected chi connectivity index (χ3v) is 4.75. The Kier molecular flexibility index (Phi) is 5.66. The van der Waals surface area contributed by atoms with Gasteiger partial charge in [-0.05, 0) is 54.8 Å². The van der Waals surface area contributed by atoms with Crippen molar-refractivity contribution in [2.24, 2.45) is 0 Å². The molecule has 1 aliphatic heterocycles. The van der Waals surface area contributed by atoms with E-state index in [1.54, 1.807) is 24.3 Å². The molecule has 5 heteroatoms. The third-order valence-electron chi connectivity index (χ3n) is 4.75. The van der Waals surface area contributed by atoms with Crippen LogP contribution in [0.5, 0.6) is 0 Å². The molecule has 0 aromatic heterocycles. The van der Waals surface area contributed by atoms with E-state index in [4.69, 9.17) is 0 Å². The van der Waals surface area contributed by atoms with Crippen molar-refractivity contribution in [3.8, 4) is 0 Å². The van der Waals surface area contributed by atoms with Crippen LogP contribution in [-0.4, -0.2) is 29.8 Å². The van der Waals surface area contributed by atoms with E-state index >= 15 is 0 Å². The van der Waals surface area contributed by atoms with Crippen molar-refractivity contribution in [1.82, 2.24) is 4.90 Å². The maximum absolute atomic E-state index is 13.2. The van der Waals surface area contributed by atoms with Crippen LogP contribution in [0.15, 0.2) is 48.5 Å². The number of hydrogen-bond donors (Lipinski definition) is 1. The van der Waals surface area contributed by atoms with Gasteiger partial charge in [0.1, 0.15) is 5.82 Å². The fourth-order valence-electron chi connectivity index (χ4n) is 3.42. The molecule has 1 aliphatic rings. The predicted molar refractivity (Wildman–Crippen MR) is 99.6 cm³/mol. The van der Waals surface area contributed by atoms with E-state index in [9.17, 15) is 14.0 Å². The van der Waals surface area contributed by atoms with Gasteiger partial charge in [-0.3, -0.25) is 9.59 Å². The second-order valence-corrected chi connectivity index (χ2v) is 6.75. The Labute approximate surface area is 153 Å². The highest BCUT2D eigenvalue weighted by molar-refractivity contribution is 5.95. The summed E-state index contributed by atoms with van der Waals surface area (Å²) in [6.07, 6.45) is 3.01. The van der Waals surface area contributed by atoms with Crippen LogP contribution in [0.4, 0.5) is 10.1 Å². The fraction of sp³-hybridized carbons (Fsp3) is 0.333. The maximum Gasteiger partial charge on any atom is 0.253 e. The second kappa shape index (κ2) is 8.13.